The van der Waals surface area contributed by atoms with E-state index in [1.165, 1.54) is 12.3 Å². The highest BCUT2D eigenvalue weighted by atomic mass is 32.1. The number of hydrogen-bond acceptors (Lipinski definition) is 8. The van der Waals surface area contributed by atoms with Crippen molar-refractivity contribution in [1.82, 2.24) is 30.3 Å². The van der Waals surface area contributed by atoms with Gasteiger partial charge in [0.05, 0.1) is 18.5 Å². The van der Waals surface area contributed by atoms with Gasteiger partial charge < -0.3 is 14.3 Å². The van der Waals surface area contributed by atoms with Crippen molar-refractivity contribution in [1.29, 1.82) is 0 Å². The first kappa shape index (κ1) is 16.4. The molecule has 0 radical (unpaired) electrons. The number of carbonyl (C=O) groups is 1. The molecule has 0 aliphatic heterocycles. The summed E-state index contributed by atoms with van der Waals surface area (Å²) in [5.41, 5.74) is 2.57. The van der Waals surface area contributed by atoms with E-state index in [0.717, 1.165) is 11.3 Å². The van der Waals surface area contributed by atoms with Gasteiger partial charge in [0.1, 0.15) is 0 Å². The van der Waals surface area contributed by atoms with E-state index in [1.807, 2.05) is 29.0 Å². The Hall–Kier alpha value is -3.79. The third-order valence-electron chi connectivity index (χ3n) is 4.06. The van der Waals surface area contributed by atoms with Crippen molar-refractivity contribution in [2.24, 2.45) is 0 Å². The van der Waals surface area contributed by atoms with Crippen LogP contribution < -0.4 is 5.32 Å². The van der Waals surface area contributed by atoms with Crippen LogP contribution in [0.4, 0.5) is 0 Å². The second-order valence-electron chi connectivity index (χ2n) is 5.85. The average molecular weight is 392 g/mol. The summed E-state index contributed by atoms with van der Waals surface area (Å²) < 4.78 is 12.0. The van der Waals surface area contributed by atoms with Gasteiger partial charge in [-0.25, -0.2) is 0 Å². The molecule has 5 aromatic rings. The van der Waals surface area contributed by atoms with E-state index in [-0.39, 0.29) is 12.2 Å². The predicted molar refractivity (Wildman–Crippen MR) is 99.5 cm³/mol. The Morgan fingerprint density at radius 1 is 1.18 bits per heavy atom. The van der Waals surface area contributed by atoms with Crippen LogP contribution in [0.15, 0.2) is 62.4 Å². The van der Waals surface area contributed by atoms with Gasteiger partial charge in [-0.05, 0) is 35.7 Å². The Kier molecular flexibility index (Phi) is 3.95. The minimum absolute atomic E-state index is 0.142. The number of hydrogen-bond donors (Lipinski definition) is 1. The van der Waals surface area contributed by atoms with Gasteiger partial charge in [0, 0.05) is 17.0 Å². The topological polar surface area (TPSA) is 111 Å². The standard InChI is InChI=1S/C18H12N6O3S/c25-18(13-8-15(27-23-13)14-2-1-6-26-14)19-9-17-21-20-16-4-3-12(22-24(16)17)11-5-7-28-10-11/h1-8,10H,9H2,(H,19,25). The van der Waals surface area contributed by atoms with Crippen LogP contribution in [0.25, 0.3) is 28.4 Å². The molecule has 0 aromatic carbocycles. The fourth-order valence-electron chi connectivity index (χ4n) is 2.67. The van der Waals surface area contributed by atoms with Gasteiger partial charge in [0.25, 0.3) is 5.91 Å². The van der Waals surface area contributed by atoms with Crippen LogP contribution in [0, 0.1) is 0 Å². The number of rotatable bonds is 5. The molecule has 0 aliphatic carbocycles. The molecular weight excluding hydrogens is 380 g/mol. The molecule has 138 valence electrons. The lowest BCUT2D eigenvalue weighted by molar-refractivity contribution is 0.0940. The van der Waals surface area contributed by atoms with Gasteiger partial charge in [-0.3, -0.25) is 4.79 Å². The Bertz CT molecular complexity index is 1240. The fourth-order valence-corrected chi connectivity index (χ4v) is 3.32. The van der Waals surface area contributed by atoms with E-state index in [9.17, 15) is 4.79 Å². The molecule has 0 bridgehead atoms. The molecule has 0 saturated carbocycles. The second kappa shape index (κ2) is 6.74. The van der Waals surface area contributed by atoms with Crippen molar-refractivity contribution < 1.29 is 13.7 Å². The summed E-state index contributed by atoms with van der Waals surface area (Å²) in [6.07, 6.45) is 1.52. The summed E-state index contributed by atoms with van der Waals surface area (Å²) in [5, 5.41) is 23.3. The first-order valence-corrected chi connectivity index (χ1v) is 9.25. The van der Waals surface area contributed by atoms with Crippen molar-refractivity contribution in [3.8, 4) is 22.8 Å². The SMILES string of the molecule is O=C(NCc1nnc2ccc(-c3ccsc3)nn12)c1cc(-c2ccco2)on1. The zero-order valence-corrected chi connectivity index (χ0v) is 15.1. The van der Waals surface area contributed by atoms with Crippen LogP contribution in [0.3, 0.4) is 0 Å². The van der Waals surface area contributed by atoms with Gasteiger partial charge in [-0.2, -0.15) is 21.0 Å². The molecule has 0 atom stereocenters. The highest BCUT2D eigenvalue weighted by Gasteiger charge is 2.16. The van der Waals surface area contributed by atoms with Gasteiger partial charge in [0.2, 0.25) is 5.76 Å². The van der Waals surface area contributed by atoms with Crippen molar-refractivity contribution in [3.05, 3.63) is 64.9 Å². The highest BCUT2D eigenvalue weighted by Crippen LogP contribution is 2.21. The van der Waals surface area contributed by atoms with Gasteiger partial charge in [-0.15, -0.1) is 10.2 Å². The Labute approximate surface area is 161 Å². The summed E-state index contributed by atoms with van der Waals surface area (Å²) in [6, 6.07) is 10.7. The van der Waals surface area contributed by atoms with Crippen LogP contribution in [0.2, 0.25) is 0 Å². The molecule has 0 saturated heterocycles. The van der Waals surface area contributed by atoms with Crippen LogP contribution >= 0.6 is 11.3 Å². The van der Waals surface area contributed by atoms with Gasteiger partial charge in [0.15, 0.2) is 22.9 Å². The molecular formula is C18H12N6O3S. The molecule has 0 spiro atoms. The Balaban J connectivity index is 1.34. The first-order valence-electron chi connectivity index (χ1n) is 8.30. The summed E-state index contributed by atoms with van der Waals surface area (Å²) in [4.78, 5) is 12.4. The molecule has 1 N–H and O–H groups in total. The zero-order valence-electron chi connectivity index (χ0n) is 14.3. The highest BCUT2D eigenvalue weighted by molar-refractivity contribution is 7.08. The average Bonchev–Trinajstić information content (AvgIpc) is 3.52. The smallest absolute Gasteiger partial charge is 0.273 e. The Morgan fingerprint density at radius 2 is 2.14 bits per heavy atom. The largest absolute Gasteiger partial charge is 0.461 e. The molecule has 5 rings (SSSR count). The monoisotopic (exact) mass is 392 g/mol. The number of fused-ring (bicyclic) bond motifs is 1. The van der Waals surface area contributed by atoms with Crippen molar-refractivity contribution >= 4 is 22.9 Å². The minimum Gasteiger partial charge on any atom is -0.461 e. The number of carbonyl (C=O) groups excluding carboxylic acids is 1. The maximum Gasteiger partial charge on any atom is 0.273 e. The molecule has 1 amide bonds. The summed E-state index contributed by atoms with van der Waals surface area (Å²) in [6.45, 7) is 0.142. The number of aromatic nitrogens is 5. The van der Waals surface area contributed by atoms with Crippen molar-refractivity contribution in [3.63, 3.8) is 0 Å². The zero-order chi connectivity index (χ0) is 18.9. The third-order valence-corrected chi connectivity index (χ3v) is 4.74. The van der Waals surface area contributed by atoms with E-state index in [0.29, 0.717) is 23.0 Å². The lowest BCUT2D eigenvalue weighted by Gasteiger charge is -2.03. The molecule has 9 nitrogen and oxygen atoms in total. The number of thiophene rings is 1. The number of nitrogens with zero attached hydrogens (tertiary/aromatic N) is 5. The molecule has 5 heterocycles. The summed E-state index contributed by atoms with van der Waals surface area (Å²) in [5.74, 6) is 0.993. The summed E-state index contributed by atoms with van der Waals surface area (Å²) >= 11 is 1.60. The van der Waals surface area contributed by atoms with Crippen LogP contribution in [-0.4, -0.2) is 30.9 Å². The lowest BCUT2D eigenvalue weighted by atomic mass is 10.2. The normalized spacial score (nSPS) is 11.1. The molecule has 5 aromatic heterocycles. The minimum atomic E-state index is -0.396. The number of amides is 1. The van der Waals surface area contributed by atoms with Gasteiger partial charge in [-0.1, -0.05) is 5.16 Å². The van der Waals surface area contributed by atoms with Crippen molar-refractivity contribution in [2.45, 2.75) is 6.54 Å². The molecule has 0 unspecified atom stereocenters. The van der Waals surface area contributed by atoms with Crippen molar-refractivity contribution in [2.75, 3.05) is 0 Å². The quantitative estimate of drug-likeness (QED) is 0.489. The van der Waals surface area contributed by atoms with E-state index in [1.54, 1.807) is 28.0 Å². The fraction of sp³-hybridized carbons (Fsp3) is 0.0556. The van der Waals surface area contributed by atoms with Crippen LogP contribution in [0.1, 0.15) is 16.3 Å². The van der Waals surface area contributed by atoms with Crippen LogP contribution in [0.5, 0.6) is 0 Å². The van der Waals surface area contributed by atoms with Gasteiger partial charge >= 0.3 is 0 Å². The molecule has 0 aliphatic rings. The first-order chi connectivity index (χ1) is 13.8. The maximum absolute atomic E-state index is 12.4. The maximum atomic E-state index is 12.4. The number of furan rings is 1. The summed E-state index contributed by atoms with van der Waals surface area (Å²) in [7, 11) is 0. The van der Waals surface area contributed by atoms with E-state index >= 15 is 0 Å². The van der Waals surface area contributed by atoms with E-state index in [2.05, 4.69) is 25.8 Å². The predicted octanol–water partition coefficient (Wildman–Crippen LogP) is 3.03. The lowest BCUT2D eigenvalue weighted by Crippen LogP contribution is -2.24. The van der Waals surface area contributed by atoms with E-state index in [4.69, 9.17) is 8.94 Å². The Morgan fingerprint density at radius 3 is 2.96 bits per heavy atom. The third kappa shape index (κ3) is 2.95. The molecule has 0 fully saturated rings. The van der Waals surface area contributed by atoms with E-state index < -0.39 is 5.91 Å². The van der Waals surface area contributed by atoms with Crippen LogP contribution in [-0.2, 0) is 6.54 Å². The number of nitrogens with one attached hydrogen (secondary N) is 1. The molecule has 10 heteroatoms. The molecule has 28 heavy (non-hydrogen) atoms. The second-order valence-corrected chi connectivity index (χ2v) is 6.63.